The fourth-order valence-corrected chi connectivity index (χ4v) is 1.90. The van der Waals surface area contributed by atoms with Crippen molar-refractivity contribution in [2.75, 3.05) is 6.61 Å². The lowest BCUT2D eigenvalue weighted by Crippen LogP contribution is -2.04. The van der Waals surface area contributed by atoms with Gasteiger partial charge in [-0.25, -0.2) is 9.59 Å². The number of esters is 1. The zero-order valence-electron chi connectivity index (χ0n) is 8.91. The molecule has 0 spiro atoms. The standard InChI is InChI=1S/C11H10BrNO3/c1-3-16-11(15)8-4-7(2)10(13-6-14)9(12)5-8/h4-5H,3H2,1-2H3. The third kappa shape index (κ3) is 2.78. The van der Waals surface area contributed by atoms with Gasteiger partial charge >= 0.3 is 5.97 Å². The highest BCUT2D eigenvalue weighted by molar-refractivity contribution is 9.10. The predicted octanol–water partition coefficient (Wildman–Crippen LogP) is 2.90. The first kappa shape index (κ1) is 12.6. The van der Waals surface area contributed by atoms with Crippen LogP contribution >= 0.6 is 15.9 Å². The van der Waals surface area contributed by atoms with E-state index >= 15 is 0 Å². The van der Waals surface area contributed by atoms with E-state index in [2.05, 4.69) is 20.9 Å². The van der Waals surface area contributed by atoms with Gasteiger partial charge in [-0.2, -0.15) is 4.99 Å². The summed E-state index contributed by atoms with van der Waals surface area (Å²) in [7, 11) is 0. The normalized spacial score (nSPS) is 9.44. The van der Waals surface area contributed by atoms with Crippen molar-refractivity contribution in [3.05, 3.63) is 27.7 Å². The van der Waals surface area contributed by atoms with Crippen molar-refractivity contribution in [1.29, 1.82) is 0 Å². The average Bonchev–Trinajstić information content (AvgIpc) is 2.23. The second-order valence-corrected chi connectivity index (χ2v) is 3.90. The van der Waals surface area contributed by atoms with E-state index in [0.29, 0.717) is 27.9 Å². The van der Waals surface area contributed by atoms with Gasteiger partial charge in [0, 0.05) is 4.47 Å². The summed E-state index contributed by atoms with van der Waals surface area (Å²) in [4.78, 5) is 25.2. The van der Waals surface area contributed by atoms with Crippen molar-refractivity contribution < 1.29 is 14.3 Å². The first-order chi connectivity index (χ1) is 7.60. The van der Waals surface area contributed by atoms with Crippen LogP contribution < -0.4 is 0 Å². The van der Waals surface area contributed by atoms with E-state index in [1.165, 1.54) is 6.08 Å². The predicted molar refractivity (Wildman–Crippen MR) is 62.6 cm³/mol. The molecular weight excluding hydrogens is 274 g/mol. The van der Waals surface area contributed by atoms with E-state index in [1.54, 1.807) is 26.0 Å². The Hall–Kier alpha value is -1.45. The summed E-state index contributed by atoms with van der Waals surface area (Å²) in [5, 5.41) is 0. The molecule has 0 heterocycles. The first-order valence-corrected chi connectivity index (χ1v) is 5.44. The van der Waals surface area contributed by atoms with Crippen LogP contribution in [0.4, 0.5) is 5.69 Å². The largest absolute Gasteiger partial charge is 0.462 e. The fraction of sp³-hybridized carbons (Fsp3) is 0.273. The number of nitrogens with zero attached hydrogens (tertiary/aromatic N) is 1. The quantitative estimate of drug-likeness (QED) is 0.487. The van der Waals surface area contributed by atoms with Gasteiger partial charge in [0.2, 0.25) is 6.08 Å². The maximum atomic E-state index is 11.5. The minimum atomic E-state index is -0.395. The molecular formula is C11H10BrNO3. The Bertz CT molecular complexity index is 441. The number of carbonyl (C=O) groups excluding carboxylic acids is 2. The molecule has 0 N–H and O–H groups in total. The molecule has 0 aliphatic heterocycles. The average molecular weight is 284 g/mol. The minimum Gasteiger partial charge on any atom is -0.462 e. The number of aliphatic imine (C=N–C) groups is 1. The Labute approximate surface area is 101 Å². The van der Waals surface area contributed by atoms with E-state index < -0.39 is 5.97 Å². The SMILES string of the molecule is CCOC(=O)c1cc(C)c(N=C=O)c(Br)c1. The number of halogens is 1. The molecule has 0 saturated carbocycles. The van der Waals surface area contributed by atoms with Crippen LogP contribution in [-0.4, -0.2) is 18.7 Å². The molecule has 0 aromatic heterocycles. The minimum absolute atomic E-state index is 0.323. The highest BCUT2D eigenvalue weighted by Gasteiger charge is 2.11. The van der Waals surface area contributed by atoms with Crippen molar-refractivity contribution in [3.63, 3.8) is 0 Å². The molecule has 16 heavy (non-hydrogen) atoms. The van der Waals surface area contributed by atoms with Crippen LogP contribution in [0.5, 0.6) is 0 Å². The molecule has 4 nitrogen and oxygen atoms in total. The lowest BCUT2D eigenvalue weighted by molar-refractivity contribution is 0.0526. The van der Waals surface area contributed by atoms with Crippen molar-refractivity contribution in [2.45, 2.75) is 13.8 Å². The smallest absolute Gasteiger partial charge is 0.338 e. The van der Waals surface area contributed by atoms with Gasteiger partial charge < -0.3 is 4.74 Å². The summed E-state index contributed by atoms with van der Waals surface area (Å²) in [6, 6.07) is 3.19. The molecule has 0 saturated heterocycles. The van der Waals surface area contributed by atoms with Gasteiger partial charge in [0.05, 0.1) is 17.9 Å². The van der Waals surface area contributed by atoms with Crippen LogP contribution in [0.15, 0.2) is 21.6 Å². The number of aryl methyl sites for hydroxylation is 1. The van der Waals surface area contributed by atoms with Gasteiger partial charge in [0.25, 0.3) is 0 Å². The lowest BCUT2D eigenvalue weighted by Gasteiger charge is -2.06. The molecule has 0 radical (unpaired) electrons. The third-order valence-electron chi connectivity index (χ3n) is 1.92. The van der Waals surface area contributed by atoms with Crippen molar-refractivity contribution >= 4 is 33.7 Å². The molecule has 1 aromatic carbocycles. The van der Waals surface area contributed by atoms with Gasteiger partial charge in [-0.3, -0.25) is 0 Å². The topological polar surface area (TPSA) is 55.7 Å². The third-order valence-corrected chi connectivity index (χ3v) is 2.53. The van der Waals surface area contributed by atoms with Crippen molar-refractivity contribution in [1.82, 2.24) is 0 Å². The Balaban J connectivity index is 3.19. The highest BCUT2D eigenvalue weighted by atomic mass is 79.9. The fourth-order valence-electron chi connectivity index (χ4n) is 1.26. The van der Waals surface area contributed by atoms with Crippen LogP contribution in [0.25, 0.3) is 0 Å². The number of ether oxygens (including phenoxy) is 1. The summed E-state index contributed by atoms with van der Waals surface area (Å²) >= 11 is 3.24. The Kier molecular flexibility index (Phi) is 4.40. The number of carbonyl (C=O) groups is 1. The second kappa shape index (κ2) is 5.58. The van der Waals surface area contributed by atoms with E-state index in [4.69, 9.17) is 4.74 Å². The van der Waals surface area contributed by atoms with Crippen LogP contribution in [0.1, 0.15) is 22.8 Å². The molecule has 5 heteroatoms. The number of hydrogen-bond acceptors (Lipinski definition) is 4. The molecule has 1 aromatic rings. The maximum Gasteiger partial charge on any atom is 0.338 e. The van der Waals surface area contributed by atoms with E-state index in [1.807, 2.05) is 0 Å². The molecule has 0 amide bonds. The Morgan fingerprint density at radius 1 is 1.56 bits per heavy atom. The number of isocyanates is 1. The Morgan fingerprint density at radius 3 is 2.75 bits per heavy atom. The van der Waals surface area contributed by atoms with Crippen LogP contribution in [0.3, 0.4) is 0 Å². The monoisotopic (exact) mass is 283 g/mol. The summed E-state index contributed by atoms with van der Waals surface area (Å²) in [5.41, 5.74) is 1.61. The second-order valence-electron chi connectivity index (χ2n) is 3.05. The summed E-state index contributed by atoms with van der Waals surface area (Å²) in [6.45, 7) is 3.82. The molecule has 0 bridgehead atoms. The number of rotatable bonds is 3. The van der Waals surface area contributed by atoms with Crippen LogP contribution in [0.2, 0.25) is 0 Å². The van der Waals surface area contributed by atoms with Crippen LogP contribution in [0, 0.1) is 6.92 Å². The summed E-state index contributed by atoms with van der Waals surface area (Å²) < 4.78 is 5.44. The van der Waals surface area contributed by atoms with Gasteiger partial charge in [0.15, 0.2) is 0 Å². The molecule has 0 aliphatic rings. The summed E-state index contributed by atoms with van der Waals surface area (Å²) in [6.07, 6.45) is 1.47. The number of benzene rings is 1. The molecule has 84 valence electrons. The maximum absolute atomic E-state index is 11.5. The van der Waals surface area contributed by atoms with Gasteiger partial charge in [0.1, 0.15) is 0 Å². The highest BCUT2D eigenvalue weighted by Crippen LogP contribution is 2.30. The molecule has 0 atom stereocenters. The molecule has 0 fully saturated rings. The van der Waals surface area contributed by atoms with Crippen molar-refractivity contribution in [3.8, 4) is 0 Å². The first-order valence-electron chi connectivity index (χ1n) is 4.65. The molecule has 1 rings (SSSR count). The van der Waals surface area contributed by atoms with Crippen molar-refractivity contribution in [2.24, 2.45) is 4.99 Å². The zero-order chi connectivity index (χ0) is 12.1. The summed E-state index contributed by atoms with van der Waals surface area (Å²) in [5.74, 6) is -0.395. The van der Waals surface area contributed by atoms with E-state index in [9.17, 15) is 9.59 Å². The van der Waals surface area contributed by atoms with E-state index in [-0.39, 0.29) is 0 Å². The lowest BCUT2D eigenvalue weighted by atomic mass is 10.1. The van der Waals surface area contributed by atoms with Gasteiger partial charge in [-0.1, -0.05) is 0 Å². The van der Waals surface area contributed by atoms with Crippen LogP contribution in [-0.2, 0) is 9.53 Å². The van der Waals surface area contributed by atoms with Gasteiger partial charge in [-0.15, -0.1) is 0 Å². The Morgan fingerprint density at radius 2 is 2.25 bits per heavy atom. The van der Waals surface area contributed by atoms with E-state index in [0.717, 1.165) is 0 Å². The van der Waals surface area contributed by atoms with Gasteiger partial charge in [-0.05, 0) is 47.5 Å². The number of hydrogen-bond donors (Lipinski definition) is 0. The zero-order valence-corrected chi connectivity index (χ0v) is 10.5. The molecule has 0 unspecified atom stereocenters. The molecule has 0 aliphatic carbocycles.